The van der Waals surface area contributed by atoms with Gasteiger partial charge in [-0.1, -0.05) is 35.1 Å². The first-order valence-electron chi connectivity index (χ1n) is 15.3. The third-order valence-electron chi connectivity index (χ3n) is 10.0. The Morgan fingerprint density at radius 2 is 1.27 bits per heavy atom. The number of amides is 4. The average Bonchev–Trinajstić information content (AvgIpc) is 3.58. The molecule has 0 spiro atoms. The average molecular weight is 737 g/mol. The van der Waals surface area contributed by atoms with Crippen molar-refractivity contribution in [3.05, 3.63) is 47.6 Å². The third kappa shape index (κ3) is 4.77. The van der Waals surface area contributed by atoms with Crippen LogP contribution in [0.1, 0.15) is 26.7 Å². The molecule has 0 aromatic carbocycles. The van der Waals surface area contributed by atoms with E-state index in [-0.39, 0.29) is 12.8 Å². The molecule has 8 atom stereocenters. The van der Waals surface area contributed by atoms with Crippen molar-refractivity contribution in [2.45, 2.75) is 71.3 Å². The molecule has 0 saturated carbocycles. The van der Waals surface area contributed by atoms with Crippen LogP contribution in [0.3, 0.4) is 0 Å². The number of aliphatic hydroxyl groups is 3. The topological polar surface area (TPSA) is 195 Å². The number of carbonyl (C=O) groups excluding carboxylic acids is 6. The summed E-state index contributed by atoms with van der Waals surface area (Å²) in [5.74, 6) is -4.31. The summed E-state index contributed by atoms with van der Waals surface area (Å²) in [6, 6.07) is -1.99. The predicted octanol–water partition coefficient (Wildman–Crippen LogP) is -0.505. The number of allylic oxidation sites excluding steroid dienone is 4. The zero-order valence-electron chi connectivity index (χ0n) is 27.2. The number of hydrogen-bond acceptors (Lipinski definition) is 14. The molecule has 3 N–H and O–H groups in total. The van der Waals surface area contributed by atoms with E-state index >= 15 is 0 Å². The van der Waals surface area contributed by atoms with Gasteiger partial charge >= 0.3 is 11.9 Å². The summed E-state index contributed by atoms with van der Waals surface area (Å²) in [7, 11) is 4.12. The normalized spacial score (nSPS) is 37.8. The molecule has 4 amide bonds. The molecule has 4 heterocycles. The molecule has 0 aromatic rings. The number of nitrogens with zero attached hydrogens (tertiary/aromatic N) is 4. The fourth-order valence-electron chi connectivity index (χ4n) is 7.60. The summed E-state index contributed by atoms with van der Waals surface area (Å²) in [6.45, 7) is 0.730. The number of thioether (sulfide) groups is 1. The molecule has 0 aromatic heterocycles. The van der Waals surface area contributed by atoms with Crippen LogP contribution >= 0.6 is 33.3 Å². The summed E-state index contributed by atoms with van der Waals surface area (Å²) < 4.78 is 11.0. The van der Waals surface area contributed by atoms with Crippen molar-refractivity contribution in [2.24, 2.45) is 0 Å². The number of hydrogen-bond donors (Lipinski definition) is 3. The predicted molar refractivity (Wildman–Crippen MR) is 178 cm³/mol. The Labute approximate surface area is 293 Å². The van der Waals surface area contributed by atoms with Crippen LogP contribution in [0.25, 0.3) is 0 Å². The van der Waals surface area contributed by atoms with Crippen LogP contribution in [0, 0.1) is 0 Å². The SMILES string of the molecule is CS[C@@]1(CO)C(=O)N2[C@H]3C(=CC=C[C@@H]3OC(C)=O)C[C@@]2(SS[C@@]2(CO)C(=O)N3[C@H]4C(=CC=C[C@@H]4OC(C)=O)C[C@@]3(O)C(=O)N2C)C(=O)N1C. The maximum Gasteiger partial charge on any atom is 0.303 e. The quantitative estimate of drug-likeness (QED) is 0.213. The number of ether oxygens (including phenoxy) is 2. The number of fused-ring (bicyclic) bond motifs is 6. The van der Waals surface area contributed by atoms with Crippen molar-refractivity contribution in [2.75, 3.05) is 33.6 Å². The second-order valence-corrected chi connectivity index (χ2v) is 16.3. The fourth-order valence-corrected chi connectivity index (χ4v) is 11.9. The minimum Gasteiger partial charge on any atom is -0.456 e. The largest absolute Gasteiger partial charge is 0.456 e. The minimum atomic E-state index is -2.35. The second-order valence-electron chi connectivity index (χ2n) is 12.6. The molecule has 15 nitrogen and oxygen atoms in total. The van der Waals surface area contributed by atoms with Crippen LogP contribution in [0.4, 0.5) is 0 Å². The van der Waals surface area contributed by atoms with Crippen LogP contribution < -0.4 is 0 Å². The van der Waals surface area contributed by atoms with E-state index in [0.29, 0.717) is 21.9 Å². The standard InChI is InChI=1S/C31H36N4O11S3/c1-16(38)45-20-10-6-8-18-12-28(44)24(40)32(3)31(15-37,27(43)34(28)22(18)20)49-48-29-13-19-9-7-11-21(46-17(2)39)23(19)35(29)26(42)30(14-36,47-5)33(4)25(29)41/h6-11,20-23,36-37,44H,12-15H2,1-5H3/t20-,21-,22-,23-,28+,29+,30-,31-/m0/s1. The lowest BCUT2D eigenvalue weighted by molar-refractivity contribution is -0.201. The van der Waals surface area contributed by atoms with E-state index in [2.05, 4.69) is 0 Å². The Bertz CT molecular complexity index is 1660. The Hall–Kier alpha value is -3.29. The van der Waals surface area contributed by atoms with Gasteiger partial charge in [-0.2, -0.15) is 0 Å². The maximum absolute atomic E-state index is 14.7. The highest BCUT2D eigenvalue weighted by Crippen LogP contribution is 2.61. The third-order valence-corrected chi connectivity index (χ3v) is 14.9. The smallest absolute Gasteiger partial charge is 0.303 e. The molecular formula is C31H36N4O11S3. The van der Waals surface area contributed by atoms with Crippen LogP contribution in [0.15, 0.2) is 47.6 Å². The van der Waals surface area contributed by atoms with Crippen molar-refractivity contribution in [1.82, 2.24) is 19.6 Å². The maximum atomic E-state index is 14.7. The molecular weight excluding hydrogens is 701 g/mol. The van der Waals surface area contributed by atoms with Gasteiger partial charge in [0.05, 0.1) is 25.3 Å². The van der Waals surface area contributed by atoms with Gasteiger partial charge in [0, 0.05) is 40.8 Å². The number of piperazine rings is 2. The summed E-state index contributed by atoms with van der Waals surface area (Å²) >= 11 is 0.966. The van der Waals surface area contributed by atoms with E-state index in [1.807, 2.05) is 0 Å². The van der Waals surface area contributed by atoms with Gasteiger partial charge in [-0.15, -0.1) is 11.8 Å². The molecule has 6 aliphatic rings. The van der Waals surface area contributed by atoms with E-state index < -0.39 is 93.4 Å². The zero-order chi connectivity index (χ0) is 35.8. The van der Waals surface area contributed by atoms with Crippen molar-refractivity contribution in [3.8, 4) is 0 Å². The van der Waals surface area contributed by atoms with Crippen LogP contribution in [0.5, 0.6) is 0 Å². The molecule has 264 valence electrons. The highest BCUT2D eigenvalue weighted by Gasteiger charge is 2.72. The van der Waals surface area contributed by atoms with Crippen LogP contribution in [-0.4, -0.2) is 149 Å². The summed E-state index contributed by atoms with van der Waals surface area (Å²) in [5.41, 5.74) is -1.32. The van der Waals surface area contributed by atoms with Gasteiger partial charge in [0.15, 0.2) is 9.74 Å². The first kappa shape index (κ1) is 35.5. The van der Waals surface area contributed by atoms with Gasteiger partial charge in [-0.25, -0.2) is 0 Å². The van der Waals surface area contributed by atoms with Crippen LogP contribution in [-0.2, 0) is 38.2 Å². The van der Waals surface area contributed by atoms with E-state index in [1.54, 1.807) is 36.6 Å². The first-order chi connectivity index (χ1) is 23.1. The second kappa shape index (κ2) is 12.2. The fraction of sp³-hybridized carbons (Fsp3) is 0.548. The Morgan fingerprint density at radius 3 is 1.78 bits per heavy atom. The summed E-state index contributed by atoms with van der Waals surface area (Å²) in [6.07, 6.45) is 8.95. The molecule has 6 rings (SSSR count). The number of likely N-dealkylation sites (N-methyl/N-ethyl adjacent to an activating group) is 2. The number of esters is 2. The molecule has 18 heteroatoms. The zero-order valence-corrected chi connectivity index (χ0v) is 29.7. The van der Waals surface area contributed by atoms with E-state index in [1.165, 1.54) is 38.9 Å². The molecule has 2 aliphatic carbocycles. The Kier molecular flexibility index (Phi) is 8.84. The van der Waals surface area contributed by atoms with Gasteiger partial charge in [-0.3, -0.25) is 33.7 Å². The molecule has 4 fully saturated rings. The van der Waals surface area contributed by atoms with Crippen LogP contribution in [0.2, 0.25) is 0 Å². The van der Waals surface area contributed by atoms with E-state index in [4.69, 9.17) is 9.47 Å². The highest BCUT2D eigenvalue weighted by molar-refractivity contribution is 8.78. The lowest BCUT2D eigenvalue weighted by Crippen LogP contribution is -2.76. The van der Waals surface area contributed by atoms with Crippen molar-refractivity contribution < 1.29 is 53.6 Å². The van der Waals surface area contributed by atoms with Gasteiger partial charge in [0.1, 0.15) is 12.2 Å². The Balaban J connectivity index is 1.43. The monoisotopic (exact) mass is 736 g/mol. The summed E-state index contributed by atoms with van der Waals surface area (Å²) in [4.78, 5) is 80.7. The van der Waals surface area contributed by atoms with E-state index in [9.17, 15) is 44.1 Å². The van der Waals surface area contributed by atoms with Crippen molar-refractivity contribution in [1.29, 1.82) is 0 Å². The molecule has 49 heavy (non-hydrogen) atoms. The lowest BCUT2D eigenvalue weighted by Gasteiger charge is -2.55. The molecule has 0 radical (unpaired) electrons. The van der Waals surface area contributed by atoms with E-state index in [0.717, 1.165) is 37.3 Å². The molecule has 0 bridgehead atoms. The van der Waals surface area contributed by atoms with Gasteiger partial charge in [0.2, 0.25) is 10.6 Å². The molecule has 4 aliphatic heterocycles. The van der Waals surface area contributed by atoms with Crippen molar-refractivity contribution in [3.63, 3.8) is 0 Å². The molecule has 4 saturated heterocycles. The van der Waals surface area contributed by atoms with Gasteiger partial charge < -0.3 is 39.5 Å². The summed E-state index contributed by atoms with van der Waals surface area (Å²) in [5, 5.41) is 33.3. The Morgan fingerprint density at radius 1 is 0.776 bits per heavy atom. The van der Waals surface area contributed by atoms with Gasteiger partial charge in [0.25, 0.3) is 23.6 Å². The number of carbonyl (C=O) groups is 6. The van der Waals surface area contributed by atoms with Gasteiger partial charge in [-0.05, 0) is 40.3 Å². The minimum absolute atomic E-state index is 0.0713. The highest BCUT2D eigenvalue weighted by atomic mass is 33.1. The lowest BCUT2D eigenvalue weighted by atomic mass is 9.96. The molecule has 0 unspecified atom stereocenters. The first-order valence-corrected chi connectivity index (χ1v) is 18.7. The van der Waals surface area contributed by atoms with Crippen molar-refractivity contribution >= 4 is 68.9 Å². The number of rotatable bonds is 8. The number of aliphatic hydroxyl groups excluding tert-OH is 2.